The molecule has 0 unspecified atom stereocenters. The predicted octanol–water partition coefficient (Wildman–Crippen LogP) is 3.63. The smallest absolute Gasteiger partial charge is 0.319 e. The zero-order valence-electron chi connectivity index (χ0n) is 16.4. The lowest BCUT2D eigenvalue weighted by Crippen LogP contribution is -2.58. The Labute approximate surface area is 161 Å². The van der Waals surface area contributed by atoms with Gasteiger partial charge in [-0.25, -0.2) is 4.79 Å². The molecule has 1 fully saturated rings. The Bertz CT molecular complexity index is 772. The van der Waals surface area contributed by atoms with Gasteiger partial charge in [0.25, 0.3) is 0 Å². The maximum absolute atomic E-state index is 12.6. The van der Waals surface area contributed by atoms with Crippen LogP contribution in [-0.4, -0.2) is 33.1 Å². The Morgan fingerprint density at radius 1 is 1.33 bits per heavy atom. The first kappa shape index (κ1) is 19.4. The number of aliphatic hydroxyl groups excluding tert-OH is 1. The van der Waals surface area contributed by atoms with E-state index in [1.165, 1.54) is 0 Å². The molecule has 1 aliphatic rings. The van der Waals surface area contributed by atoms with Crippen molar-refractivity contribution < 1.29 is 9.90 Å². The molecule has 0 spiro atoms. The molecule has 3 N–H and O–H groups in total. The van der Waals surface area contributed by atoms with E-state index >= 15 is 0 Å². The number of urea groups is 1. The van der Waals surface area contributed by atoms with E-state index in [4.69, 9.17) is 0 Å². The number of aromatic nitrogens is 2. The second-order valence-electron chi connectivity index (χ2n) is 8.78. The maximum Gasteiger partial charge on any atom is 0.319 e. The minimum Gasteiger partial charge on any atom is -0.394 e. The number of hydrogen-bond acceptors (Lipinski definition) is 3. The molecule has 6 nitrogen and oxygen atoms in total. The van der Waals surface area contributed by atoms with Crippen molar-refractivity contribution in [2.45, 2.75) is 52.1 Å². The molecule has 1 aliphatic carbocycles. The summed E-state index contributed by atoms with van der Waals surface area (Å²) in [7, 11) is 0. The first-order chi connectivity index (χ1) is 12.8. The Morgan fingerprint density at radius 2 is 2.15 bits per heavy atom. The number of nitrogens with zero attached hydrogens (tertiary/aromatic N) is 2. The molecule has 1 heterocycles. The van der Waals surface area contributed by atoms with Gasteiger partial charge in [-0.1, -0.05) is 32.9 Å². The molecule has 2 amide bonds. The molecule has 146 valence electrons. The van der Waals surface area contributed by atoms with Crippen molar-refractivity contribution in [3.05, 3.63) is 48.3 Å². The highest BCUT2D eigenvalue weighted by Gasteiger charge is 2.43. The zero-order valence-corrected chi connectivity index (χ0v) is 16.4. The first-order valence-electron chi connectivity index (χ1n) is 9.56. The highest BCUT2D eigenvalue weighted by molar-refractivity contribution is 5.89. The fourth-order valence-electron chi connectivity index (χ4n) is 4.73. The van der Waals surface area contributed by atoms with E-state index < -0.39 is 5.54 Å². The van der Waals surface area contributed by atoms with Gasteiger partial charge < -0.3 is 15.7 Å². The molecule has 2 atom stereocenters. The van der Waals surface area contributed by atoms with Gasteiger partial charge in [-0.3, -0.25) is 4.68 Å². The number of hydrogen-bond donors (Lipinski definition) is 3. The van der Waals surface area contributed by atoms with E-state index in [0.29, 0.717) is 12.5 Å². The standard InChI is InChI=1S/C21H30N4O2/c1-16-11-20(2,3)14-21(12-16,15-26)24-19(27)23-18-7-4-6-17(10-18)13-25-9-5-8-22-25/h4-10,16,26H,11-15H2,1-3H3,(H2,23,24,27)/t16-,21+/m1/s1. The topological polar surface area (TPSA) is 79.2 Å². The van der Waals surface area contributed by atoms with Crippen LogP contribution in [0, 0.1) is 11.3 Å². The SMILES string of the molecule is C[C@@H]1CC(C)(C)C[C@@](CO)(NC(=O)Nc2cccc(Cn3cccn3)c2)C1. The number of rotatable bonds is 5. The number of amides is 2. The van der Waals surface area contributed by atoms with Crippen molar-refractivity contribution >= 4 is 11.7 Å². The Kier molecular flexibility index (Phi) is 5.56. The molecule has 6 heteroatoms. The van der Waals surface area contributed by atoms with E-state index in [9.17, 15) is 9.90 Å². The van der Waals surface area contributed by atoms with Crippen LogP contribution in [0.5, 0.6) is 0 Å². The van der Waals surface area contributed by atoms with E-state index in [-0.39, 0.29) is 18.1 Å². The highest BCUT2D eigenvalue weighted by atomic mass is 16.3. The number of aliphatic hydroxyl groups is 1. The van der Waals surface area contributed by atoms with Gasteiger partial charge in [-0.15, -0.1) is 0 Å². The molecular weight excluding hydrogens is 340 g/mol. The van der Waals surface area contributed by atoms with E-state index in [0.717, 1.165) is 30.5 Å². The average Bonchev–Trinajstić information content (AvgIpc) is 3.06. The molecule has 2 aromatic rings. The fraction of sp³-hybridized carbons (Fsp3) is 0.524. The number of carbonyl (C=O) groups is 1. The summed E-state index contributed by atoms with van der Waals surface area (Å²) in [5, 5.41) is 20.2. The summed E-state index contributed by atoms with van der Waals surface area (Å²) in [5.74, 6) is 0.457. The number of nitrogens with one attached hydrogen (secondary N) is 2. The summed E-state index contributed by atoms with van der Waals surface area (Å²) in [5.41, 5.74) is 1.31. The summed E-state index contributed by atoms with van der Waals surface area (Å²) in [6.07, 6.45) is 6.32. The van der Waals surface area contributed by atoms with Crippen molar-refractivity contribution in [2.75, 3.05) is 11.9 Å². The van der Waals surface area contributed by atoms with E-state index in [1.54, 1.807) is 6.20 Å². The molecular formula is C21H30N4O2. The van der Waals surface area contributed by atoms with Gasteiger partial charge in [0.2, 0.25) is 0 Å². The number of benzene rings is 1. The van der Waals surface area contributed by atoms with Crippen LogP contribution in [0.2, 0.25) is 0 Å². The molecule has 1 aromatic carbocycles. The molecule has 27 heavy (non-hydrogen) atoms. The number of carbonyl (C=O) groups excluding carboxylic acids is 1. The summed E-state index contributed by atoms with van der Waals surface area (Å²) in [6, 6.07) is 9.35. The first-order valence-corrected chi connectivity index (χ1v) is 9.56. The van der Waals surface area contributed by atoms with E-state index in [1.807, 2.05) is 41.2 Å². The van der Waals surface area contributed by atoms with Crippen molar-refractivity contribution in [3.63, 3.8) is 0 Å². The summed E-state index contributed by atoms with van der Waals surface area (Å²) < 4.78 is 1.84. The molecule has 0 saturated heterocycles. The zero-order chi connectivity index (χ0) is 19.5. The second kappa shape index (κ2) is 7.72. The minimum absolute atomic E-state index is 0.0481. The average molecular weight is 370 g/mol. The van der Waals surface area contributed by atoms with Crippen molar-refractivity contribution in [2.24, 2.45) is 11.3 Å². The molecule has 0 bridgehead atoms. The molecule has 1 aromatic heterocycles. The largest absolute Gasteiger partial charge is 0.394 e. The monoisotopic (exact) mass is 370 g/mol. The maximum atomic E-state index is 12.6. The van der Waals surface area contributed by atoms with Crippen LogP contribution in [0.3, 0.4) is 0 Å². The third-order valence-corrected chi connectivity index (χ3v) is 5.23. The van der Waals surface area contributed by atoms with Crippen LogP contribution in [0.25, 0.3) is 0 Å². The second-order valence-corrected chi connectivity index (χ2v) is 8.78. The highest BCUT2D eigenvalue weighted by Crippen LogP contribution is 2.43. The molecule has 0 aliphatic heterocycles. The number of anilines is 1. The van der Waals surface area contributed by atoms with Crippen LogP contribution < -0.4 is 10.6 Å². The van der Waals surface area contributed by atoms with Crippen molar-refractivity contribution in [1.29, 1.82) is 0 Å². The van der Waals surface area contributed by atoms with Crippen LogP contribution in [-0.2, 0) is 6.54 Å². The summed E-state index contributed by atoms with van der Waals surface area (Å²) in [4.78, 5) is 12.6. The summed E-state index contributed by atoms with van der Waals surface area (Å²) in [6.45, 7) is 7.18. The van der Waals surface area contributed by atoms with Crippen LogP contribution in [0.4, 0.5) is 10.5 Å². The van der Waals surface area contributed by atoms with E-state index in [2.05, 4.69) is 36.5 Å². The lowest BCUT2D eigenvalue weighted by Gasteiger charge is -2.47. The van der Waals surface area contributed by atoms with Gasteiger partial charge in [0.05, 0.1) is 18.7 Å². The van der Waals surface area contributed by atoms with Gasteiger partial charge >= 0.3 is 6.03 Å². The van der Waals surface area contributed by atoms with Gasteiger partial charge in [-0.2, -0.15) is 5.10 Å². The van der Waals surface area contributed by atoms with Gasteiger partial charge in [0, 0.05) is 18.1 Å². The minimum atomic E-state index is -0.572. The van der Waals surface area contributed by atoms with Gasteiger partial charge in [0.15, 0.2) is 0 Å². The van der Waals surface area contributed by atoms with Crippen LogP contribution in [0.1, 0.15) is 45.6 Å². The lowest BCUT2D eigenvalue weighted by atomic mass is 9.64. The molecule has 1 saturated carbocycles. The predicted molar refractivity (Wildman–Crippen MR) is 107 cm³/mol. The van der Waals surface area contributed by atoms with Gasteiger partial charge in [-0.05, 0) is 54.4 Å². The quantitative estimate of drug-likeness (QED) is 0.752. The fourth-order valence-corrected chi connectivity index (χ4v) is 4.73. The Hall–Kier alpha value is -2.34. The lowest BCUT2D eigenvalue weighted by molar-refractivity contribution is 0.0446. The van der Waals surface area contributed by atoms with Crippen molar-refractivity contribution in [3.8, 4) is 0 Å². The van der Waals surface area contributed by atoms with Crippen molar-refractivity contribution in [1.82, 2.24) is 15.1 Å². The third kappa shape index (κ3) is 5.10. The van der Waals surface area contributed by atoms with Crippen LogP contribution >= 0.6 is 0 Å². The molecule has 0 radical (unpaired) electrons. The normalized spacial score (nSPS) is 24.4. The summed E-state index contributed by atoms with van der Waals surface area (Å²) >= 11 is 0. The Morgan fingerprint density at radius 3 is 2.81 bits per heavy atom. The van der Waals surface area contributed by atoms with Crippen LogP contribution in [0.15, 0.2) is 42.7 Å². The third-order valence-electron chi connectivity index (χ3n) is 5.23. The Balaban J connectivity index is 1.66. The molecule has 3 rings (SSSR count). The van der Waals surface area contributed by atoms with Gasteiger partial charge in [0.1, 0.15) is 0 Å².